The first-order chi connectivity index (χ1) is 10.1. The van der Waals surface area contributed by atoms with E-state index in [9.17, 15) is 4.79 Å². The largest absolute Gasteiger partial charge is 0.327 e. The molecule has 0 aliphatic heterocycles. The summed E-state index contributed by atoms with van der Waals surface area (Å²) in [7, 11) is 0. The molecule has 2 aliphatic carbocycles. The zero-order valence-corrected chi connectivity index (χ0v) is 12.1. The van der Waals surface area contributed by atoms with Crippen molar-refractivity contribution in [3.05, 3.63) is 30.1 Å². The van der Waals surface area contributed by atoms with E-state index in [-0.39, 0.29) is 11.8 Å². The van der Waals surface area contributed by atoms with Crippen LogP contribution < -0.4 is 11.1 Å². The number of carbonyl (C=O) groups excluding carboxylic acids is 1. The van der Waals surface area contributed by atoms with Gasteiger partial charge in [0.2, 0.25) is 5.91 Å². The Hall–Kier alpha value is -1.88. The van der Waals surface area contributed by atoms with Crippen LogP contribution in [0.2, 0.25) is 0 Å². The molecule has 4 rings (SSSR count). The molecule has 1 unspecified atom stereocenters. The lowest BCUT2D eigenvalue weighted by Crippen LogP contribution is -2.44. The summed E-state index contributed by atoms with van der Waals surface area (Å²) in [4.78, 5) is 16.9. The lowest BCUT2D eigenvalue weighted by molar-refractivity contribution is -0.119. The van der Waals surface area contributed by atoms with E-state index in [1.165, 1.54) is 0 Å². The number of amides is 1. The van der Waals surface area contributed by atoms with Crippen molar-refractivity contribution in [3.8, 4) is 0 Å². The molecule has 21 heavy (non-hydrogen) atoms. The van der Waals surface area contributed by atoms with Crippen molar-refractivity contribution in [2.45, 2.75) is 32.2 Å². The molecule has 0 spiro atoms. The summed E-state index contributed by atoms with van der Waals surface area (Å²) in [6, 6.07) is 4.30. The van der Waals surface area contributed by atoms with Gasteiger partial charge in [-0.05, 0) is 49.7 Å². The molecule has 2 heterocycles. The van der Waals surface area contributed by atoms with Gasteiger partial charge in [0.1, 0.15) is 11.5 Å². The first-order valence-electron chi connectivity index (χ1n) is 7.62. The van der Waals surface area contributed by atoms with E-state index in [2.05, 4.69) is 10.3 Å². The maximum absolute atomic E-state index is 12.5. The standard InChI is InChI=1S/C16H20N4O/c1-9-3-2-4-20-14(8-18-15(9)20)19-16(21)11-5-10-7-13(17)12(10)6-11/h2-4,8,10-13H,5-7,17H2,1H3,(H,19,21)/t10-,11?,12-,13+/m1/s1. The number of pyridine rings is 1. The molecule has 0 radical (unpaired) electrons. The number of fused-ring (bicyclic) bond motifs is 2. The van der Waals surface area contributed by atoms with Crippen LogP contribution in [0.25, 0.3) is 5.65 Å². The third-order valence-electron chi connectivity index (χ3n) is 5.23. The van der Waals surface area contributed by atoms with Gasteiger partial charge in [0.15, 0.2) is 0 Å². The Labute approximate surface area is 123 Å². The van der Waals surface area contributed by atoms with Crippen molar-refractivity contribution in [1.82, 2.24) is 9.38 Å². The van der Waals surface area contributed by atoms with Gasteiger partial charge in [0, 0.05) is 18.2 Å². The van der Waals surface area contributed by atoms with E-state index in [1.54, 1.807) is 6.20 Å². The number of carbonyl (C=O) groups is 1. The zero-order chi connectivity index (χ0) is 14.6. The van der Waals surface area contributed by atoms with Crippen molar-refractivity contribution < 1.29 is 4.79 Å². The van der Waals surface area contributed by atoms with Crippen molar-refractivity contribution in [2.75, 3.05) is 5.32 Å². The number of anilines is 1. The summed E-state index contributed by atoms with van der Waals surface area (Å²) in [5.74, 6) is 2.19. The second kappa shape index (κ2) is 4.56. The van der Waals surface area contributed by atoms with Gasteiger partial charge in [0.05, 0.1) is 6.20 Å². The van der Waals surface area contributed by atoms with Gasteiger partial charge in [-0.2, -0.15) is 0 Å². The van der Waals surface area contributed by atoms with Crippen LogP contribution in [-0.2, 0) is 4.79 Å². The Morgan fingerprint density at radius 3 is 3.05 bits per heavy atom. The first-order valence-corrected chi connectivity index (χ1v) is 7.62. The highest BCUT2D eigenvalue weighted by molar-refractivity contribution is 5.92. The number of imidazole rings is 1. The molecule has 2 aliphatic rings. The lowest BCUT2D eigenvalue weighted by atomic mass is 9.72. The van der Waals surface area contributed by atoms with Crippen molar-refractivity contribution in [2.24, 2.45) is 23.5 Å². The maximum atomic E-state index is 12.5. The van der Waals surface area contributed by atoms with Crippen molar-refractivity contribution >= 4 is 17.4 Å². The molecule has 2 saturated carbocycles. The van der Waals surface area contributed by atoms with Gasteiger partial charge in [-0.25, -0.2) is 4.98 Å². The summed E-state index contributed by atoms with van der Waals surface area (Å²) in [6.45, 7) is 2.02. The van der Waals surface area contributed by atoms with Gasteiger partial charge >= 0.3 is 0 Å². The highest BCUT2D eigenvalue weighted by Gasteiger charge is 2.47. The first kappa shape index (κ1) is 12.8. The topological polar surface area (TPSA) is 72.4 Å². The molecular formula is C16H20N4O. The Morgan fingerprint density at radius 2 is 2.29 bits per heavy atom. The number of nitrogens with one attached hydrogen (secondary N) is 1. The summed E-state index contributed by atoms with van der Waals surface area (Å²) in [5, 5.41) is 3.04. The second-order valence-corrected chi connectivity index (χ2v) is 6.51. The van der Waals surface area contributed by atoms with E-state index < -0.39 is 0 Å². The van der Waals surface area contributed by atoms with Crippen LogP contribution >= 0.6 is 0 Å². The lowest BCUT2D eigenvalue weighted by Gasteiger charge is -2.37. The Bertz CT molecular complexity index is 707. The van der Waals surface area contributed by atoms with Crippen molar-refractivity contribution in [3.63, 3.8) is 0 Å². The number of aryl methyl sites for hydroxylation is 1. The number of nitrogens with zero attached hydrogens (tertiary/aromatic N) is 2. The Kier molecular flexibility index (Phi) is 2.79. The Balaban J connectivity index is 1.52. The van der Waals surface area contributed by atoms with E-state index in [4.69, 9.17) is 5.73 Å². The molecular weight excluding hydrogens is 264 g/mol. The molecule has 1 amide bonds. The minimum Gasteiger partial charge on any atom is -0.327 e. The zero-order valence-electron chi connectivity index (χ0n) is 12.1. The molecule has 2 aromatic heterocycles. The van der Waals surface area contributed by atoms with Gasteiger partial charge in [-0.3, -0.25) is 9.20 Å². The van der Waals surface area contributed by atoms with Gasteiger partial charge in [0.25, 0.3) is 0 Å². The summed E-state index contributed by atoms with van der Waals surface area (Å²) >= 11 is 0. The van der Waals surface area contributed by atoms with Gasteiger partial charge < -0.3 is 11.1 Å². The van der Waals surface area contributed by atoms with Crippen LogP contribution in [0.3, 0.4) is 0 Å². The molecule has 2 fully saturated rings. The predicted octanol–water partition coefficient (Wildman–Crippen LogP) is 1.95. The van der Waals surface area contributed by atoms with Gasteiger partial charge in [-0.1, -0.05) is 6.07 Å². The normalized spacial score (nSPS) is 31.0. The van der Waals surface area contributed by atoms with E-state index in [1.807, 2.05) is 29.7 Å². The number of aromatic nitrogens is 2. The molecule has 0 bridgehead atoms. The predicted molar refractivity (Wildman–Crippen MR) is 80.9 cm³/mol. The average molecular weight is 284 g/mol. The third kappa shape index (κ3) is 1.95. The summed E-state index contributed by atoms with van der Waals surface area (Å²) in [6.07, 6.45) is 6.67. The summed E-state index contributed by atoms with van der Waals surface area (Å²) < 4.78 is 1.93. The fourth-order valence-electron chi connectivity index (χ4n) is 3.97. The van der Waals surface area contributed by atoms with Crippen LogP contribution in [-0.4, -0.2) is 21.3 Å². The second-order valence-electron chi connectivity index (χ2n) is 6.51. The Morgan fingerprint density at radius 1 is 1.43 bits per heavy atom. The number of rotatable bonds is 2. The van der Waals surface area contributed by atoms with Crippen molar-refractivity contribution in [1.29, 1.82) is 0 Å². The SMILES string of the molecule is Cc1cccn2c(NC(=O)C3C[C@@H]4C[C@H](N)[C@@H]4C3)cnc12. The fraction of sp³-hybridized carbons (Fsp3) is 0.500. The minimum absolute atomic E-state index is 0.101. The molecule has 5 heteroatoms. The number of hydrogen-bond acceptors (Lipinski definition) is 3. The van der Waals surface area contributed by atoms with E-state index in [0.29, 0.717) is 17.9 Å². The van der Waals surface area contributed by atoms with Crippen LogP contribution in [0.4, 0.5) is 5.82 Å². The molecule has 0 saturated heterocycles. The molecule has 2 aromatic rings. The molecule has 3 N–H and O–H groups in total. The molecule has 0 aromatic carbocycles. The molecule has 4 atom stereocenters. The maximum Gasteiger partial charge on any atom is 0.228 e. The number of nitrogens with two attached hydrogens (primary N) is 1. The van der Waals surface area contributed by atoms with E-state index >= 15 is 0 Å². The molecule has 5 nitrogen and oxygen atoms in total. The van der Waals surface area contributed by atoms with Gasteiger partial charge in [-0.15, -0.1) is 0 Å². The minimum atomic E-state index is 0.101. The van der Waals surface area contributed by atoms with Crippen LogP contribution in [0.5, 0.6) is 0 Å². The monoisotopic (exact) mass is 284 g/mol. The highest BCUT2D eigenvalue weighted by atomic mass is 16.2. The highest BCUT2D eigenvalue weighted by Crippen LogP contribution is 2.49. The molecule has 110 valence electrons. The van der Waals surface area contributed by atoms with Crippen LogP contribution in [0.15, 0.2) is 24.5 Å². The smallest absolute Gasteiger partial charge is 0.228 e. The summed E-state index contributed by atoms with van der Waals surface area (Å²) in [5.41, 5.74) is 8.00. The number of hydrogen-bond donors (Lipinski definition) is 2. The third-order valence-corrected chi connectivity index (χ3v) is 5.23. The fourth-order valence-corrected chi connectivity index (χ4v) is 3.97. The van der Waals surface area contributed by atoms with Crippen LogP contribution in [0, 0.1) is 24.7 Å². The average Bonchev–Trinajstić information content (AvgIpc) is 3.01. The quantitative estimate of drug-likeness (QED) is 0.885. The van der Waals surface area contributed by atoms with E-state index in [0.717, 1.165) is 36.3 Å². The van der Waals surface area contributed by atoms with Crippen LogP contribution in [0.1, 0.15) is 24.8 Å².